The summed E-state index contributed by atoms with van der Waals surface area (Å²) in [5.74, 6) is -1.18. The Labute approximate surface area is 179 Å². The molecule has 1 aliphatic heterocycles. The van der Waals surface area contributed by atoms with E-state index in [9.17, 15) is 4.79 Å². The summed E-state index contributed by atoms with van der Waals surface area (Å²) < 4.78 is 25.1. The highest BCUT2D eigenvalue weighted by Gasteiger charge is 2.51. The molecule has 0 saturated carbocycles. The fourth-order valence-electron chi connectivity index (χ4n) is 3.25. The van der Waals surface area contributed by atoms with E-state index in [4.69, 9.17) is 18.6 Å². The zero-order chi connectivity index (χ0) is 22.5. The van der Waals surface area contributed by atoms with Crippen LogP contribution in [0.2, 0.25) is 18.1 Å². The molecule has 1 heterocycles. The van der Waals surface area contributed by atoms with Crippen LogP contribution in [0.5, 0.6) is 0 Å². The van der Waals surface area contributed by atoms with Crippen LogP contribution in [0.25, 0.3) is 0 Å². The highest BCUT2D eigenvalue weighted by molar-refractivity contribution is 6.74. The maximum Gasteiger partial charge on any atom is 0.330 e. The standard InChI is InChI=1S/C23H42O5Si/c1-11-14-16-18-20(27-23(7,8)26-18)21(28-29(9,10)22(4,5)6)17(15-12-2)25-19(24)13-3/h12-13,17-18,20-21H,2-3,11,14-16H2,1,4-10H3/t17-,18+,20-,21+/m1/s1. The zero-order valence-corrected chi connectivity index (χ0v) is 20.7. The molecule has 0 aliphatic carbocycles. The first-order valence-electron chi connectivity index (χ1n) is 10.8. The van der Waals surface area contributed by atoms with Crippen LogP contribution in [-0.4, -0.2) is 44.5 Å². The minimum Gasteiger partial charge on any atom is -0.456 e. The van der Waals surface area contributed by atoms with Crippen molar-refractivity contribution in [3.63, 3.8) is 0 Å². The number of carbonyl (C=O) groups is 1. The first-order valence-corrected chi connectivity index (χ1v) is 13.7. The van der Waals surface area contributed by atoms with Crippen LogP contribution in [0.4, 0.5) is 0 Å². The Kier molecular flexibility index (Phi) is 9.33. The van der Waals surface area contributed by atoms with Gasteiger partial charge in [-0.3, -0.25) is 0 Å². The second-order valence-electron chi connectivity index (χ2n) is 9.83. The molecule has 1 saturated heterocycles. The van der Waals surface area contributed by atoms with Crippen LogP contribution in [-0.2, 0) is 23.4 Å². The summed E-state index contributed by atoms with van der Waals surface area (Å²) >= 11 is 0. The Balaban J connectivity index is 3.33. The van der Waals surface area contributed by atoms with Crippen molar-refractivity contribution in [1.29, 1.82) is 0 Å². The van der Waals surface area contributed by atoms with Crippen molar-refractivity contribution in [3.05, 3.63) is 25.3 Å². The minimum absolute atomic E-state index is 0.000317. The largest absolute Gasteiger partial charge is 0.456 e. The first-order chi connectivity index (χ1) is 13.3. The topological polar surface area (TPSA) is 54.0 Å². The van der Waals surface area contributed by atoms with E-state index in [1.54, 1.807) is 6.08 Å². The van der Waals surface area contributed by atoms with E-state index >= 15 is 0 Å². The van der Waals surface area contributed by atoms with Gasteiger partial charge in [-0.2, -0.15) is 0 Å². The van der Waals surface area contributed by atoms with Crippen molar-refractivity contribution in [1.82, 2.24) is 0 Å². The molecule has 29 heavy (non-hydrogen) atoms. The van der Waals surface area contributed by atoms with Crippen molar-refractivity contribution in [2.24, 2.45) is 0 Å². The fourth-order valence-corrected chi connectivity index (χ4v) is 4.57. The molecule has 0 radical (unpaired) electrons. The molecule has 1 rings (SSSR count). The third-order valence-corrected chi connectivity index (χ3v) is 10.3. The van der Waals surface area contributed by atoms with Crippen LogP contribution in [0.1, 0.15) is 67.2 Å². The van der Waals surface area contributed by atoms with Gasteiger partial charge in [-0.25, -0.2) is 4.79 Å². The van der Waals surface area contributed by atoms with Crippen molar-refractivity contribution < 1.29 is 23.4 Å². The normalized spacial score (nSPS) is 24.0. The Bertz CT molecular complexity index is 564. The van der Waals surface area contributed by atoms with E-state index in [1.165, 1.54) is 6.08 Å². The second kappa shape index (κ2) is 10.4. The van der Waals surface area contributed by atoms with Crippen LogP contribution in [0.15, 0.2) is 25.3 Å². The average molecular weight is 427 g/mol. The fraction of sp³-hybridized carbons (Fsp3) is 0.783. The van der Waals surface area contributed by atoms with E-state index in [1.807, 2.05) is 13.8 Å². The molecule has 1 fully saturated rings. The van der Waals surface area contributed by atoms with Crippen molar-refractivity contribution in [2.45, 2.75) is 116 Å². The Morgan fingerprint density at radius 3 is 2.34 bits per heavy atom. The van der Waals surface area contributed by atoms with Gasteiger partial charge in [0, 0.05) is 12.5 Å². The summed E-state index contributed by atoms with van der Waals surface area (Å²) in [5, 5.41) is 0.000317. The summed E-state index contributed by atoms with van der Waals surface area (Å²) in [6.45, 7) is 24.4. The number of unbranched alkanes of at least 4 members (excludes halogenated alkanes) is 1. The number of rotatable bonds is 11. The van der Waals surface area contributed by atoms with Gasteiger partial charge in [-0.15, -0.1) is 6.58 Å². The maximum atomic E-state index is 12.1. The smallest absolute Gasteiger partial charge is 0.330 e. The van der Waals surface area contributed by atoms with Crippen LogP contribution >= 0.6 is 0 Å². The first kappa shape index (κ1) is 26.1. The molecule has 0 aromatic rings. The van der Waals surface area contributed by atoms with Gasteiger partial charge in [0.05, 0.1) is 6.10 Å². The molecule has 0 unspecified atom stereocenters. The molecule has 168 valence electrons. The van der Waals surface area contributed by atoms with Gasteiger partial charge >= 0.3 is 5.97 Å². The molecule has 0 aromatic carbocycles. The van der Waals surface area contributed by atoms with Gasteiger partial charge in [0.15, 0.2) is 14.1 Å². The van der Waals surface area contributed by atoms with Gasteiger partial charge in [0.2, 0.25) is 0 Å². The number of esters is 1. The quantitative estimate of drug-likeness (QED) is 0.182. The third kappa shape index (κ3) is 7.35. The third-order valence-electron chi connectivity index (χ3n) is 5.82. The second-order valence-corrected chi connectivity index (χ2v) is 14.6. The molecule has 0 N–H and O–H groups in total. The lowest BCUT2D eigenvalue weighted by Gasteiger charge is -2.43. The maximum absolute atomic E-state index is 12.1. The van der Waals surface area contributed by atoms with E-state index in [0.29, 0.717) is 6.42 Å². The molecule has 1 aliphatic rings. The number of hydrogen-bond acceptors (Lipinski definition) is 5. The Hall–Kier alpha value is -0.953. The molecule has 0 amide bonds. The average Bonchev–Trinajstić information content (AvgIpc) is 2.90. The summed E-state index contributed by atoms with van der Waals surface area (Å²) in [5.41, 5.74) is 0. The molecular weight excluding hydrogens is 384 g/mol. The number of carbonyl (C=O) groups excluding carboxylic acids is 1. The molecule has 0 spiro atoms. The van der Waals surface area contributed by atoms with Crippen LogP contribution < -0.4 is 0 Å². The molecule has 4 atom stereocenters. The van der Waals surface area contributed by atoms with Gasteiger partial charge in [-0.05, 0) is 38.4 Å². The lowest BCUT2D eigenvalue weighted by molar-refractivity contribution is -0.169. The van der Waals surface area contributed by atoms with E-state index in [2.05, 4.69) is 53.9 Å². The monoisotopic (exact) mass is 426 g/mol. The van der Waals surface area contributed by atoms with E-state index in [0.717, 1.165) is 19.3 Å². The van der Waals surface area contributed by atoms with Crippen LogP contribution in [0.3, 0.4) is 0 Å². The van der Waals surface area contributed by atoms with Gasteiger partial charge < -0.3 is 18.6 Å². The Morgan fingerprint density at radius 1 is 1.24 bits per heavy atom. The van der Waals surface area contributed by atoms with Crippen molar-refractivity contribution in [2.75, 3.05) is 0 Å². The zero-order valence-electron chi connectivity index (χ0n) is 19.7. The highest BCUT2D eigenvalue weighted by Crippen LogP contribution is 2.41. The van der Waals surface area contributed by atoms with Crippen molar-refractivity contribution in [3.8, 4) is 0 Å². The van der Waals surface area contributed by atoms with Crippen molar-refractivity contribution >= 4 is 14.3 Å². The van der Waals surface area contributed by atoms with E-state index in [-0.39, 0.29) is 17.2 Å². The SMILES string of the molecule is C=CC[C@@H](OC(=O)C=C)[C@H](O[Si](C)(C)C(C)(C)C)[C@@H]1OC(C)(C)O[C@H]1CCCC. The predicted octanol–water partition coefficient (Wildman–Crippen LogP) is 5.76. The lowest BCUT2D eigenvalue weighted by Crippen LogP contribution is -2.54. The Morgan fingerprint density at radius 2 is 1.86 bits per heavy atom. The lowest BCUT2D eigenvalue weighted by atomic mass is 9.97. The predicted molar refractivity (Wildman–Crippen MR) is 120 cm³/mol. The minimum atomic E-state index is -2.18. The molecule has 5 nitrogen and oxygen atoms in total. The molecule has 0 aromatic heterocycles. The highest BCUT2D eigenvalue weighted by atomic mass is 28.4. The number of hydrogen-bond donors (Lipinski definition) is 0. The summed E-state index contributed by atoms with van der Waals surface area (Å²) in [4.78, 5) is 12.1. The van der Waals surface area contributed by atoms with Gasteiger partial charge in [0.25, 0.3) is 0 Å². The van der Waals surface area contributed by atoms with E-state index < -0.39 is 32.3 Å². The molecule has 0 bridgehead atoms. The summed E-state index contributed by atoms with van der Waals surface area (Å²) in [6.07, 6.45) is 4.99. The molecular formula is C23H42O5Si. The summed E-state index contributed by atoms with van der Waals surface area (Å²) in [7, 11) is -2.18. The summed E-state index contributed by atoms with van der Waals surface area (Å²) in [6, 6.07) is 0. The van der Waals surface area contributed by atoms with Gasteiger partial charge in [0.1, 0.15) is 18.3 Å². The number of ether oxygens (including phenoxy) is 3. The molecule has 6 heteroatoms. The van der Waals surface area contributed by atoms with Crippen LogP contribution in [0, 0.1) is 0 Å². The van der Waals surface area contributed by atoms with Gasteiger partial charge in [-0.1, -0.05) is 53.2 Å².